The third kappa shape index (κ3) is 3.49. The highest BCUT2D eigenvalue weighted by Crippen LogP contribution is 2.41. The van der Waals surface area contributed by atoms with E-state index in [0.717, 1.165) is 17.4 Å². The lowest BCUT2D eigenvalue weighted by molar-refractivity contribution is 0.132. The first-order chi connectivity index (χ1) is 14.5. The van der Waals surface area contributed by atoms with Gasteiger partial charge in [-0.1, -0.05) is 38.5 Å². The summed E-state index contributed by atoms with van der Waals surface area (Å²) in [5.41, 5.74) is 1.59. The van der Waals surface area contributed by atoms with E-state index in [-0.39, 0.29) is 23.3 Å². The van der Waals surface area contributed by atoms with Gasteiger partial charge >= 0.3 is 0 Å². The van der Waals surface area contributed by atoms with Crippen LogP contribution in [0.4, 0.5) is 0 Å². The van der Waals surface area contributed by atoms with E-state index < -0.39 is 0 Å². The molecule has 0 bridgehead atoms. The fourth-order valence-electron chi connectivity index (χ4n) is 4.54. The lowest BCUT2D eigenvalue weighted by Crippen LogP contribution is -2.34. The van der Waals surface area contributed by atoms with Crippen LogP contribution in [0, 0.1) is 5.41 Å². The normalized spacial score (nSPS) is 22.7. The van der Waals surface area contributed by atoms with Crippen LogP contribution in [0.5, 0.6) is 17.4 Å². The molecule has 2 atom stereocenters. The maximum absolute atomic E-state index is 10.1. The summed E-state index contributed by atoms with van der Waals surface area (Å²) in [6, 6.07) is 17.0. The van der Waals surface area contributed by atoms with Crippen molar-refractivity contribution >= 4 is 16.8 Å². The number of phenols is 1. The van der Waals surface area contributed by atoms with Gasteiger partial charge in [-0.3, -0.25) is 0 Å². The molecule has 0 unspecified atom stereocenters. The SMILES string of the molecule is CC1(C)CCCC[C@H]2OC(c3cccc(Oc4ccc5cccc(O)c5n4)c3)=N[C@H]21. The predicted molar refractivity (Wildman–Crippen MR) is 117 cm³/mol. The van der Waals surface area contributed by atoms with Crippen molar-refractivity contribution in [2.45, 2.75) is 51.7 Å². The summed E-state index contributed by atoms with van der Waals surface area (Å²) in [5.74, 6) is 1.94. The quantitative estimate of drug-likeness (QED) is 0.597. The highest BCUT2D eigenvalue weighted by atomic mass is 16.5. The maximum atomic E-state index is 10.1. The Morgan fingerprint density at radius 2 is 1.93 bits per heavy atom. The first kappa shape index (κ1) is 18.9. The van der Waals surface area contributed by atoms with Crippen LogP contribution in [0.15, 0.2) is 59.6 Å². The van der Waals surface area contributed by atoms with Crippen molar-refractivity contribution < 1.29 is 14.6 Å². The summed E-state index contributed by atoms with van der Waals surface area (Å²) >= 11 is 0. The summed E-state index contributed by atoms with van der Waals surface area (Å²) in [5, 5.41) is 10.9. The molecule has 1 aromatic heterocycles. The minimum atomic E-state index is 0.140. The Labute approximate surface area is 176 Å². The van der Waals surface area contributed by atoms with Gasteiger partial charge in [-0.15, -0.1) is 0 Å². The Balaban J connectivity index is 1.41. The molecule has 1 aliphatic carbocycles. The second-order valence-corrected chi connectivity index (χ2v) is 8.90. The Morgan fingerprint density at radius 1 is 1.07 bits per heavy atom. The Hall–Kier alpha value is -3.08. The summed E-state index contributed by atoms with van der Waals surface area (Å²) < 4.78 is 12.3. The summed E-state index contributed by atoms with van der Waals surface area (Å²) in [6.45, 7) is 4.60. The van der Waals surface area contributed by atoms with E-state index in [9.17, 15) is 5.11 Å². The third-order valence-corrected chi connectivity index (χ3v) is 6.21. The van der Waals surface area contributed by atoms with Crippen LogP contribution in [-0.4, -0.2) is 28.1 Å². The number of ether oxygens (including phenoxy) is 2. The molecule has 1 saturated carbocycles. The minimum absolute atomic E-state index is 0.140. The average molecular weight is 402 g/mol. The average Bonchev–Trinajstić information content (AvgIpc) is 3.12. The van der Waals surface area contributed by atoms with Gasteiger partial charge in [0, 0.05) is 17.0 Å². The van der Waals surface area contributed by atoms with Gasteiger partial charge in [-0.05, 0) is 55.0 Å². The van der Waals surface area contributed by atoms with Crippen LogP contribution in [-0.2, 0) is 4.74 Å². The van der Waals surface area contributed by atoms with E-state index in [4.69, 9.17) is 14.5 Å². The number of nitrogens with zero attached hydrogens (tertiary/aromatic N) is 2. The number of pyridine rings is 1. The lowest BCUT2D eigenvalue weighted by atomic mass is 9.80. The number of aliphatic imine (C=N–C) groups is 1. The molecule has 1 N–H and O–H groups in total. The van der Waals surface area contributed by atoms with Crippen molar-refractivity contribution in [3.05, 3.63) is 60.2 Å². The molecule has 2 aliphatic rings. The molecule has 5 rings (SSSR count). The van der Waals surface area contributed by atoms with Crippen LogP contribution in [0.3, 0.4) is 0 Å². The zero-order valence-corrected chi connectivity index (χ0v) is 17.3. The Bertz CT molecular complexity index is 1120. The van der Waals surface area contributed by atoms with Crippen LogP contribution in [0.1, 0.15) is 45.1 Å². The molecule has 0 spiro atoms. The smallest absolute Gasteiger partial charge is 0.219 e. The number of hydrogen-bond acceptors (Lipinski definition) is 5. The highest BCUT2D eigenvalue weighted by Gasteiger charge is 2.43. The molecule has 0 amide bonds. The van der Waals surface area contributed by atoms with Crippen molar-refractivity contribution in [2.24, 2.45) is 10.4 Å². The van der Waals surface area contributed by atoms with Crippen molar-refractivity contribution in [1.82, 2.24) is 4.98 Å². The highest BCUT2D eigenvalue weighted by molar-refractivity contribution is 5.96. The number of phenolic OH excluding ortho intramolecular Hbond substituents is 1. The van der Waals surface area contributed by atoms with Crippen molar-refractivity contribution in [2.75, 3.05) is 0 Å². The summed E-state index contributed by atoms with van der Waals surface area (Å²) in [6.07, 6.45) is 4.83. The van der Waals surface area contributed by atoms with E-state index in [1.54, 1.807) is 18.2 Å². The van der Waals surface area contributed by atoms with Crippen molar-refractivity contribution in [3.63, 3.8) is 0 Å². The molecule has 1 aliphatic heterocycles. The first-order valence-electron chi connectivity index (χ1n) is 10.6. The molecule has 1 fully saturated rings. The number of aromatic nitrogens is 1. The van der Waals surface area contributed by atoms with E-state index >= 15 is 0 Å². The number of benzene rings is 2. The molecule has 5 heteroatoms. The van der Waals surface area contributed by atoms with E-state index in [1.807, 2.05) is 36.4 Å². The molecular weight excluding hydrogens is 376 g/mol. The standard InChI is InChI=1S/C25H26N2O3/c1-25(2)14-4-3-11-20-23(25)27-24(30-20)17-8-5-9-18(15-17)29-21-13-12-16-7-6-10-19(28)22(16)26-21/h5-10,12-13,15,20,23,28H,3-4,11,14H2,1-2H3/t20-,23-/m1/s1. The number of rotatable bonds is 3. The molecule has 3 aromatic rings. The van der Waals surface area contributed by atoms with Gasteiger partial charge in [0.15, 0.2) is 0 Å². The Kier molecular flexibility index (Phi) is 4.61. The zero-order chi connectivity index (χ0) is 20.7. The van der Waals surface area contributed by atoms with Gasteiger partial charge in [-0.25, -0.2) is 9.98 Å². The van der Waals surface area contributed by atoms with Gasteiger partial charge in [0.25, 0.3) is 0 Å². The number of fused-ring (bicyclic) bond motifs is 2. The van der Waals surface area contributed by atoms with Crippen LogP contribution in [0.25, 0.3) is 10.9 Å². The van der Waals surface area contributed by atoms with E-state index in [2.05, 4.69) is 18.8 Å². The largest absolute Gasteiger partial charge is 0.506 e. The zero-order valence-electron chi connectivity index (χ0n) is 17.3. The predicted octanol–water partition coefficient (Wildman–Crippen LogP) is 5.85. The molecule has 30 heavy (non-hydrogen) atoms. The second kappa shape index (κ2) is 7.31. The fraction of sp³-hybridized carbons (Fsp3) is 0.360. The number of aromatic hydroxyl groups is 1. The fourth-order valence-corrected chi connectivity index (χ4v) is 4.54. The maximum Gasteiger partial charge on any atom is 0.219 e. The lowest BCUT2D eigenvalue weighted by Gasteiger charge is -2.29. The van der Waals surface area contributed by atoms with E-state index in [1.165, 1.54) is 19.3 Å². The van der Waals surface area contributed by atoms with E-state index in [0.29, 0.717) is 23.0 Å². The van der Waals surface area contributed by atoms with Crippen LogP contribution < -0.4 is 4.74 Å². The first-order valence-corrected chi connectivity index (χ1v) is 10.6. The molecule has 2 aromatic carbocycles. The molecule has 0 saturated heterocycles. The van der Waals surface area contributed by atoms with Crippen molar-refractivity contribution in [1.29, 1.82) is 0 Å². The third-order valence-electron chi connectivity index (χ3n) is 6.21. The van der Waals surface area contributed by atoms with Crippen molar-refractivity contribution in [3.8, 4) is 17.4 Å². The summed E-state index contributed by atoms with van der Waals surface area (Å²) in [7, 11) is 0. The van der Waals surface area contributed by atoms with Gasteiger partial charge < -0.3 is 14.6 Å². The minimum Gasteiger partial charge on any atom is -0.506 e. The molecule has 154 valence electrons. The van der Waals surface area contributed by atoms with Crippen LogP contribution >= 0.6 is 0 Å². The molecular formula is C25H26N2O3. The molecule has 0 radical (unpaired) electrons. The molecule has 5 nitrogen and oxygen atoms in total. The number of hydrogen-bond donors (Lipinski definition) is 1. The molecule has 2 heterocycles. The van der Waals surface area contributed by atoms with Gasteiger partial charge in [0.2, 0.25) is 11.8 Å². The van der Waals surface area contributed by atoms with Crippen LogP contribution in [0.2, 0.25) is 0 Å². The monoisotopic (exact) mass is 402 g/mol. The second-order valence-electron chi connectivity index (χ2n) is 8.90. The van der Waals surface area contributed by atoms with Gasteiger partial charge in [0.1, 0.15) is 23.1 Å². The summed E-state index contributed by atoms with van der Waals surface area (Å²) in [4.78, 5) is 9.44. The topological polar surface area (TPSA) is 63.9 Å². The Morgan fingerprint density at radius 3 is 2.83 bits per heavy atom. The van der Waals surface area contributed by atoms with Gasteiger partial charge in [-0.2, -0.15) is 0 Å². The van der Waals surface area contributed by atoms with Gasteiger partial charge in [0.05, 0.1) is 6.04 Å². The number of para-hydroxylation sites is 1.